The SMILES string of the molecule is CCOC(=O)CC1(NC)CCOc2ccccc21. The molecule has 0 bridgehead atoms. The van der Waals surface area contributed by atoms with E-state index in [2.05, 4.69) is 5.32 Å². The first-order chi connectivity index (χ1) is 8.72. The molecule has 0 amide bonds. The van der Waals surface area contributed by atoms with E-state index in [1.54, 1.807) is 0 Å². The fourth-order valence-electron chi connectivity index (χ4n) is 2.45. The van der Waals surface area contributed by atoms with Crippen molar-refractivity contribution in [2.24, 2.45) is 0 Å². The zero-order valence-corrected chi connectivity index (χ0v) is 10.9. The third-order valence-corrected chi connectivity index (χ3v) is 3.42. The van der Waals surface area contributed by atoms with Crippen molar-refractivity contribution in [2.75, 3.05) is 20.3 Å². The van der Waals surface area contributed by atoms with Crippen LogP contribution >= 0.6 is 0 Å². The molecule has 0 fully saturated rings. The molecule has 0 saturated heterocycles. The molecule has 1 aromatic rings. The summed E-state index contributed by atoms with van der Waals surface area (Å²) in [5.74, 6) is 0.672. The van der Waals surface area contributed by atoms with Gasteiger partial charge in [-0.2, -0.15) is 0 Å². The van der Waals surface area contributed by atoms with Crippen LogP contribution in [0.25, 0.3) is 0 Å². The Labute approximate surface area is 107 Å². The van der Waals surface area contributed by atoms with Crippen LogP contribution in [0.15, 0.2) is 24.3 Å². The zero-order valence-electron chi connectivity index (χ0n) is 10.9. The molecule has 0 aromatic heterocycles. The molecular formula is C14H19NO3. The lowest BCUT2D eigenvalue weighted by atomic mass is 9.82. The van der Waals surface area contributed by atoms with E-state index >= 15 is 0 Å². The van der Waals surface area contributed by atoms with Crippen LogP contribution in [0.4, 0.5) is 0 Å². The number of nitrogens with one attached hydrogen (secondary N) is 1. The summed E-state index contributed by atoms with van der Waals surface area (Å²) >= 11 is 0. The van der Waals surface area contributed by atoms with E-state index in [0.717, 1.165) is 17.7 Å². The summed E-state index contributed by atoms with van der Waals surface area (Å²) in [6.45, 7) is 2.84. The molecular weight excluding hydrogens is 230 g/mol. The number of para-hydroxylation sites is 1. The maximum atomic E-state index is 11.8. The van der Waals surface area contributed by atoms with Gasteiger partial charge in [-0.3, -0.25) is 4.79 Å². The molecule has 1 aliphatic rings. The number of carbonyl (C=O) groups excluding carboxylic acids is 1. The van der Waals surface area contributed by atoms with E-state index in [1.165, 1.54) is 0 Å². The molecule has 1 N–H and O–H groups in total. The molecule has 0 saturated carbocycles. The van der Waals surface area contributed by atoms with Gasteiger partial charge in [-0.15, -0.1) is 0 Å². The molecule has 98 valence electrons. The van der Waals surface area contributed by atoms with Crippen molar-refractivity contribution in [3.63, 3.8) is 0 Å². The van der Waals surface area contributed by atoms with Gasteiger partial charge in [0.15, 0.2) is 0 Å². The second kappa shape index (κ2) is 5.40. The smallest absolute Gasteiger partial charge is 0.308 e. The average Bonchev–Trinajstić information content (AvgIpc) is 2.39. The minimum atomic E-state index is -0.374. The first kappa shape index (κ1) is 12.9. The number of fused-ring (bicyclic) bond motifs is 1. The van der Waals surface area contributed by atoms with Crippen molar-refractivity contribution in [1.82, 2.24) is 5.32 Å². The Hall–Kier alpha value is -1.55. The first-order valence-electron chi connectivity index (χ1n) is 6.28. The Balaban J connectivity index is 2.30. The molecule has 0 aliphatic carbocycles. The van der Waals surface area contributed by atoms with E-state index in [0.29, 0.717) is 19.6 Å². The lowest BCUT2D eigenvalue weighted by Gasteiger charge is -2.38. The maximum absolute atomic E-state index is 11.8. The Bertz CT molecular complexity index is 433. The number of esters is 1. The molecule has 2 rings (SSSR count). The van der Waals surface area contributed by atoms with Crippen LogP contribution in [-0.4, -0.2) is 26.2 Å². The lowest BCUT2D eigenvalue weighted by molar-refractivity contribution is -0.145. The minimum absolute atomic E-state index is 0.177. The van der Waals surface area contributed by atoms with Crippen LogP contribution in [0.2, 0.25) is 0 Å². The highest BCUT2D eigenvalue weighted by molar-refractivity contribution is 5.72. The van der Waals surface area contributed by atoms with Gasteiger partial charge < -0.3 is 14.8 Å². The van der Waals surface area contributed by atoms with Gasteiger partial charge in [0.2, 0.25) is 0 Å². The standard InChI is InChI=1S/C14H19NO3/c1-3-17-13(16)10-14(15-2)8-9-18-12-7-5-4-6-11(12)14/h4-7,15H,3,8-10H2,1-2H3. The molecule has 4 heteroatoms. The van der Waals surface area contributed by atoms with Crippen LogP contribution in [0.5, 0.6) is 5.75 Å². The van der Waals surface area contributed by atoms with Crippen LogP contribution in [-0.2, 0) is 15.1 Å². The molecule has 0 spiro atoms. The van der Waals surface area contributed by atoms with Gasteiger partial charge in [0.25, 0.3) is 0 Å². The fourth-order valence-corrected chi connectivity index (χ4v) is 2.45. The van der Waals surface area contributed by atoms with Gasteiger partial charge in [0, 0.05) is 12.0 Å². The van der Waals surface area contributed by atoms with Crippen molar-refractivity contribution in [2.45, 2.75) is 25.3 Å². The minimum Gasteiger partial charge on any atom is -0.493 e. The van der Waals surface area contributed by atoms with Crippen LogP contribution in [0.1, 0.15) is 25.3 Å². The van der Waals surface area contributed by atoms with Gasteiger partial charge in [-0.1, -0.05) is 18.2 Å². The Morgan fingerprint density at radius 1 is 1.50 bits per heavy atom. The van der Waals surface area contributed by atoms with Gasteiger partial charge in [-0.25, -0.2) is 0 Å². The molecule has 1 unspecified atom stereocenters. The van der Waals surface area contributed by atoms with E-state index in [1.807, 2.05) is 38.2 Å². The summed E-state index contributed by atoms with van der Waals surface area (Å²) in [5, 5.41) is 3.28. The second-order valence-electron chi connectivity index (χ2n) is 4.41. The Morgan fingerprint density at radius 3 is 3.00 bits per heavy atom. The van der Waals surface area contributed by atoms with E-state index in [-0.39, 0.29) is 11.5 Å². The number of ether oxygens (including phenoxy) is 2. The van der Waals surface area contributed by atoms with Crippen molar-refractivity contribution < 1.29 is 14.3 Å². The van der Waals surface area contributed by atoms with E-state index in [9.17, 15) is 4.79 Å². The predicted molar refractivity (Wildman–Crippen MR) is 68.5 cm³/mol. The highest BCUT2D eigenvalue weighted by Crippen LogP contribution is 2.39. The zero-order chi connectivity index (χ0) is 13.0. The largest absolute Gasteiger partial charge is 0.493 e. The van der Waals surface area contributed by atoms with Gasteiger partial charge in [0.1, 0.15) is 5.75 Å². The van der Waals surface area contributed by atoms with Crippen molar-refractivity contribution in [3.05, 3.63) is 29.8 Å². The van der Waals surface area contributed by atoms with Gasteiger partial charge in [0.05, 0.1) is 25.2 Å². The third kappa shape index (κ3) is 2.34. The Kier molecular flexibility index (Phi) is 3.87. The van der Waals surface area contributed by atoms with E-state index in [4.69, 9.17) is 9.47 Å². The topological polar surface area (TPSA) is 47.6 Å². The molecule has 4 nitrogen and oxygen atoms in total. The molecule has 1 heterocycles. The third-order valence-electron chi connectivity index (χ3n) is 3.42. The molecule has 1 atom stereocenters. The summed E-state index contributed by atoms with van der Waals surface area (Å²) in [5.41, 5.74) is 0.660. The number of benzene rings is 1. The normalized spacial score (nSPS) is 21.9. The molecule has 1 aromatic carbocycles. The quantitative estimate of drug-likeness (QED) is 0.827. The van der Waals surface area contributed by atoms with Crippen molar-refractivity contribution in [1.29, 1.82) is 0 Å². The molecule has 0 radical (unpaired) electrons. The second-order valence-corrected chi connectivity index (χ2v) is 4.41. The lowest BCUT2D eigenvalue weighted by Crippen LogP contribution is -2.46. The van der Waals surface area contributed by atoms with Gasteiger partial charge in [-0.05, 0) is 20.0 Å². The van der Waals surface area contributed by atoms with Crippen molar-refractivity contribution in [3.8, 4) is 5.75 Å². The maximum Gasteiger partial charge on any atom is 0.308 e. The summed E-state index contributed by atoms with van der Waals surface area (Å²) < 4.78 is 10.7. The number of hydrogen-bond donors (Lipinski definition) is 1. The first-order valence-corrected chi connectivity index (χ1v) is 6.28. The Morgan fingerprint density at radius 2 is 2.28 bits per heavy atom. The monoisotopic (exact) mass is 249 g/mol. The highest BCUT2D eigenvalue weighted by atomic mass is 16.5. The molecule has 1 aliphatic heterocycles. The number of hydrogen-bond acceptors (Lipinski definition) is 4. The van der Waals surface area contributed by atoms with Gasteiger partial charge >= 0.3 is 5.97 Å². The predicted octanol–water partition coefficient (Wildman–Crippen LogP) is 1.84. The van der Waals surface area contributed by atoms with Crippen LogP contribution in [0, 0.1) is 0 Å². The fraction of sp³-hybridized carbons (Fsp3) is 0.500. The number of carbonyl (C=O) groups is 1. The van der Waals surface area contributed by atoms with Crippen LogP contribution in [0.3, 0.4) is 0 Å². The van der Waals surface area contributed by atoms with E-state index < -0.39 is 0 Å². The number of rotatable bonds is 4. The van der Waals surface area contributed by atoms with Crippen molar-refractivity contribution >= 4 is 5.97 Å². The molecule has 18 heavy (non-hydrogen) atoms. The van der Waals surface area contributed by atoms with Crippen LogP contribution < -0.4 is 10.1 Å². The average molecular weight is 249 g/mol. The summed E-state index contributed by atoms with van der Waals surface area (Å²) in [4.78, 5) is 11.8. The summed E-state index contributed by atoms with van der Waals surface area (Å²) in [7, 11) is 1.88. The summed E-state index contributed by atoms with van der Waals surface area (Å²) in [6, 6.07) is 7.84. The summed E-state index contributed by atoms with van der Waals surface area (Å²) in [6.07, 6.45) is 1.09. The highest BCUT2D eigenvalue weighted by Gasteiger charge is 2.38.